The van der Waals surface area contributed by atoms with Crippen LogP contribution in [0.5, 0.6) is 0 Å². The molecule has 0 unspecified atom stereocenters. The van der Waals surface area contributed by atoms with Crippen LogP contribution >= 0.6 is 0 Å². The van der Waals surface area contributed by atoms with Crippen molar-refractivity contribution in [1.29, 1.82) is 0 Å². The van der Waals surface area contributed by atoms with Gasteiger partial charge in [0.05, 0.1) is 17.7 Å². The van der Waals surface area contributed by atoms with Gasteiger partial charge in [0.15, 0.2) is 0 Å². The first-order valence-corrected chi connectivity index (χ1v) is 8.34. The van der Waals surface area contributed by atoms with Gasteiger partial charge in [-0.1, -0.05) is 26.0 Å². The van der Waals surface area contributed by atoms with Crippen LogP contribution in [-0.4, -0.2) is 38.9 Å². The highest BCUT2D eigenvalue weighted by Gasteiger charge is 2.29. The van der Waals surface area contributed by atoms with E-state index in [0.717, 1.165) is 0 Å². The molecule has 2 aromatic rings. The van der Waals surface area contributed by atoms with Crippen LogP contribution in [0.3, 0.4) is 0 Å². The van der Waals surface area contributed by atoms with Crippen molar-refractivity contribution in [3.8, 4) is 0 Å². The van der Waals surface area contributed by atoms with Gasteiger partial charge in [-0.25, -0.2) is 0 Å². The van der Waals surface area contributed by atoms with Crippen LogP contribution in [-0.2, 0) is 16.0 Å². The minimum atomic E-state index is -0.982. The Morgan fingerprint density at radius 1 is 1.27 bits per heavy atom. The van der Waals surface area contributed by atoms with Crippen LogP contribution in [0, 0.1) is 5.92 Å². The third-order valence-corrected chi connectivity index (χ3v) is 3.83. The van der Waals surface area contributed by atoms with E-state index in [9.17, 15) is 14.4 Å². The molecule has 1 atom stereocenters. The average molecular weight is 356 g/mol. The molecule has 1 aromatic carbocycles. The largest absolute Gasteiger partial charge is 0.340 e. The van der Waals surface area contributed by atoms with E-state index in [-0.39, 0.29) is 12.4 Å². The van der Waals surface area contributed by atoms with Crippen molar-refractivity contribution in [2.45, 2.75) is 32.7 Å². The minimum Gasteiger partial charge on any atom is -0.340 e. The maximum absolute atomic E-state index is 12.3. The summed E-state index contributed by atoms with van der Waals surface area (Å²) in [6, 6.07) is 5.69. The number of H-pyrrole nitrogens is 1. The molecule has 9 nitrogen and oxygen atoms in total. The SMILES string of the molecule is CC(C)Cc1nc(NC(=O)C[C@H]2NC(=O)c3ccccc3NC2=O)n[nH]1. The number of carbonyl (C=O) groups is 3. The number of benzene rings is 1. The van der Waals surface area contributed by atoms with Gasteiger partial charge in [0, 0.05) is 6.42 Å². The number of carbonyl (C=O) groups excluding carboxylic acids is 3. The van der Waals surface area contributed by atoms with E-state index in [4.69, 9.17) is 0 Å². The minimum absolute atomic E-state index is 0.147. The maximum Gasteiger partial charge on any atom is 0.254 e. The molecule has 0 bridgehead atoms. The van der Waals surface area contributed by atoms with Crippen molar-refractivity contribution >= 4 is 29.4 Å². The van der Waals surface area contributed by atoms with E-state index in [1.54, 1.807) is 24.3 Å². The molecule has 26 heavy (non-hydrogen) atoms. The fourth-order valence-corrected chi connectivity index (χ4v) is 2.65. The first-order valence-electron chi connectivity index (χ1n) is 8.34. The molecule has 0 saturated carbocycles. The highest BCUT2D eigenvalue weighted by atomic mass is 16.2. The van der Waals surface area contributed by atoms with Crippen LogP contribution in [0.2, 0.25) is 0 Å². The molecule has 1 aromatic heterocycles. The standard InChI is InChI=1S/C17H20N6O3/c1-9(2)7-13-20-17(23-22-13)21-14(24)8-12-16(26)18-11-6-4-3-5-10(11)15(25)19-12/h3-6,9,12H,7-8H2,1-2H3,(H,18,26)(H,19,25)(H2,20,21,22,23,24)/t12-/m1/s1. The topological polar surface area (TPSA) is 129 Å². The van der Waals surface area contributed by atoms with E-state index < -0.39 is 23.8 Å². The summed E-state index contributed by atoms with van der Waals surface area (Å²) in [4.78, 5) is 40.9. The molecule has 9 heteroatoms. The summed E-state index contributed by atoms with van der Waals surface area (Å²) in [6.45, 7) is 4.10. The summed E-state index contributed by atoms with van der Waals surface area (Å²) in [5, 5.41) is 14.5. The number of amides is 3. The zero-order valence-electron chi connectivity index (χ0n) is 14.5. The van der Waals surface area contributed by atoms with Gasteiger partial charge in [-0.05, 0) is 18.1 Å². The van der Waals surface area contributed by atoms with Gasteiger partial charge in [0.25, 0.3) is 5.91 Å². The Bertz CT molecular complexity index is 845. The normalized spacial score (nSPS) is 16.5. The number of nitrogens with one attached hydrogen (secondary N) is 4. The van der Waals surface area contributed by atoms with Crippen molar-refractivity contribution in [2.75, 3.05) is 10.6 Å². The number of hydrogen-bond donors (Lipinski definition) is 4. The number of rotatable bonds is 5. The van der Waals surface area contributed by atoms with Crippen LogP contribution in [0.1, 0.15) is 36.5 Å². The second-order valence-corrected chi connectivity index (χ2v) is 6.52. The molecule has 0 radical (unpaired) electrons. The predicted octanol–water partition coefficient (Wildman–Crippen LogP) is 1.08. The predicted molar refractivity (Wildman–Crippen MR) is 94.5 cm³/mol. The Morgan fingerprint density at radius 3 is 2.81 bits per heavy atom. The first kappa shape index (κ1) is 17.6. The van der Waals surface area contributed by atoms with E-state index in [1.165, 1.54) is 0 Å². The second-order valence-electron chi connectivity index (χ2n) is 6.52. The van der Waals surface area contributed by atoms with Crippen molar-refractivity contribution in [3.63, 3.8) is 0 Å². The van der Waals surface area contributed by atoms with Gasteiger partial charge < -0.3 is 10.6 Å². The summed E-state index contributed by atoms with van der Waals surface area (Å²) < 4.78 is 0. The molecule has 3 rings (SSSR count). The molecule has 3 amide bonds. The van der Waals surface area contributed by atoms with E-state index in [1.807, 2.05) is 13.8 Å². The highest BCUT2D eigenvalue weighted by molar-refractivity contribution is 6.11. The zero-order valence-corrected chi connectivity index (χ0v) is 14.5. The first-order chi connectivity index (χ1) is 12.4. The molecule has 0 aliphatic carbocycles. The van der Waals surface area contributed by atoms with Crippen LogP contribution in [0.4, 0.5) is 11.6 Å². The lowest BCUT2D eigenvalue weighted by Crippen LogP contribution is -2.43. The number of fused-ring (bicyclic) bond motifs is 1. The Morgan fingerprint density at radius 2 is 2.04 bits per heavy atom. The molecule has 0 spiro atoms. The summed E-state index contributed by atoms with van der Waals surface area (Å²) in [5.41, 5.74) is 0.779. The van der Waals surface area contributed by atoms with Gasteiger partial charge in [-0.15, -0.1) is 5.10 Å². The van der Waals surface area contributed by atoms with E-state index in [0.29, 0.717) is 29.4 Å². The van der Waals surface area contributed by atoms with Crippen LogP contribution in [0.25, 0.3) is 0 Å². The summed E-state index contributed by atoms with van der Waals surface area (Å²) in [7, 11) is 0. The van der Waals surface area contributed by atoms with Crippen LogP contribution in [0.15, 0.2) is 24.3 Å². The average Bonchev–Trinajstić information content (AvgIpc) is 2.95. The molecule has 1 aliphatic heterocycles. The molecule has 4 N–H and O–H groups in total. The second kappa shape index (κ2) is 7.34. The van der Waals surface area contributed by atoms with Gasteiger partial charge in [0.1, 0.15) is 11.9 Å². The molecule has 0 fully saturated rings. The quantitative estimate of drug-likeness (QED) is 0.637. The Labute approximate surface area is 150 Å². The molecular formula is C17H20N6O3. The fourth-order valence-electron chi connectivity index (χ4n) is 2.65. The Hall–Kier alpha value is -3.23. The van der Waals surface area contributed by atoms with Crippen molar-refractivity contribution in [1.82, 2.24) is 20.5 Å². The lowest BCUT2D eigenvalue weighted by Gasteiger charge is -2.13. The highest BCUT2D eigenvalue weighted by Crippen LogP contribution is 2.19. The number of para-hydroxylation sites is 1. The Kier molecular flexibility index (Phi) is 4.97. The number of hydrogen-bond acceptors (Lipinski definition) is 5. The van der Waals surface area contributed by atoms with Crippen molar-refractivity contribution < 1.29 is 14.4 Å². The van der Waals surface area contributed by atoms with E-state index in [2.05, 4.69) is 31.1 Å². The summed E-state index contributed by atoms with van der Waals surface area (Å²) in [6.07, 6.45) is 0.488. The summed E-state index contributed by atoms with van der Waals surface area (Å²) >= 11 is 0. The van der Waals surface area contributed by atoms with E-state index >= 15 is 0 Å². The lowest BCUT2D eigenvalue weighted by atomic mass is 10.1. The number of anilines is 2. The number of aromatic nitrogens is 3. The zero-order chi connectivity index (χ0) is 18.7. The summed E-state index contributed by atoms with van der Waals surface area (Å²) in [5.74, 6) is -0.104. The van der Waals surface area contributed by atoms with Crippen LogP contribution < -0.4 is 16.0 Å². The maximum atomic E-state index is 12.3. The lowest BCUT2D eigenvalue weighted by molar-refractivity contribution is -0.122. The van der Waals surface area contributed by atoms with Crippen molar-refractivity contribution in [3.05, 3.63) is 35.7 Å². The molecule has 1 aliphatic rings. The number of aromatic amines is 1. The third-order valence-electron chi connectivity index (χ3n) is 3.83. The van der Waals surface area contributed by atoms with Gasteiger partial charge >= 0.3 is 0 Å². The molecule has 2 heterocycles. The van der Waals surface area contributed by atoms with Gasteiger partial charge in [-0.3, -0.25) is 24.8 Å². The van der Waals surface area contributed by atoms with Crippen molar-refractivity contribution in [2.24, 2.45) is 5.92 Å². The molecule has 136 valence electrons. The molecular weight excluding hydrogens is 336 g/mol. The molecule has 0 saturated heterocycles. The Balaban J connectivity index is 1.63. The third kappa shape index (κ3) is 4.05. The van der Waals surface area contributed by atoms with Gasteiger partial charge in [-0.2, -0.15) is 4.98 Å². The smallest absolute Gasteiger partial charge is 0.254 e. The van der Waals surface area contributed by atoms with Gasteiger partial charge in [0.2, 0.25) is 17.8 Å². The number of nitrogens with zero attached hydrogens (tertiary/aromatic N) is 2. The monoisotopic (exact) mass is 356 g/mol. The fraction of sp³-hybridized carbons (Fsp3) is 0.353.